The first-order valence-corrected chi connectivity index (χ1v) is 12.1. The number of fused-ring (bicyclic) bond motifs is 1. The van der Waals surface area contributed by atoms with Crippen LogP contribution in [0, 0.1) is 5.82 Å². The molecule has 4 aromatic rings. The summed E-state index contributed by atoms with van der Waals surface area (Å²) in [4.78, 5) is 29.2. The van der Waals surface area contributed by atoms with Crippen LogP contribution in [0.5, 0.6) is 0 Å². The van der Waals surface area contributed by atoms with Crippen LogP contribution in [-0.4, -0.2) is 60.3 Å². The van der Waals surface area contributed by atoms with E-state index in [-0.39, 0.29) is 11.9 Å². The van der Waals surface area contributed by atoms with Gasteiger partial charge in [0.25, 0.3) is 0 Å². The fraction of sp³-hybridized carbons (Fsp3) is 0.259. The molecule has 0 saturated carbocycles. The summed E-state index contributed by atoms with van der Waals surface area (Å²) < 4.78 is 79.1. The zero-order chi connectivity index (χ0) is 31.1. The van der Waals surface area contributed by atoms with E-state index in [0.29, 0.717) is 0 Å². The van der Waals surface area contributed by atoms with Gasteiger partial charge in [0, 0.05) is 30.7 Å². The lowest BCUT2D eigenvalue weighted by molar-refractivity contribution is -0.193. The van der Waals surface area contributed by atoms with Crippen molar-refractivity contribution in [2.75, 3.05) is 6.54 Å². The minimum Gasteiger partial charge on any atom is -0.475 e. The molecule has 3 aromatic heterocycles. The van der Waals surface area contributed by atoms with Gasteiger partial charge in [-0.2, -0.15) is 26.3 Å². The van der Waals surface area contributed by atoms with E-state index >= 15 is 0 Å². The quantitative estimate of drug-likeness (QED) is 0.271. The molecule has 2 N–H and O–H groups in total. The molecule has 8 nitrogen and oxygen atoms in total. The minimum atomic E-state index is -5.08. The molecular weight excluding hydrogens is 577 g/mol. The predicted molar refractivity (Wildman–Crippen MR) is 135 cm³/mol. The maximum absolute atomic E-state index is 13.6. The summed E-state index contributed by atoms with van der Waals surface area (Å²) in [6.45, 7) is 1.75. The Labute approximate surface area is 233 Å². The number of rotatable bonds is 4. The Balaban J connectivity index is 0.000000289. The SMILES string of the molecule is Fc1cccc(CN2CCCC2c2ncn3cc(-c4cccnc4)ccc23)c1.O=C(O)C(F)(F)F.O=C(O)C(F)(F)F. The maximum atomic E-state index is 13.6. The number of nitrogens with zero attached hydrogens (tertiary/aromatic N) is 4. The summed E-state index contributed by atoms with van der Waals surface area (Å²) in [5.74, 6) is -5.69. The zero-order valence-corrected chi connectivity index (χ0v) is 21.5. The van der Waals surface area contributed by atoms with E-state index in [1.54, 1.807) is 18.3 Å². The molecule has 42 heavy (non-hydrogen) atoms. The second-order valence-corrected chi connectivity index (χ2v) is 8.95. The topological polar surface area (TPSA) is 108 Å². The maximum Gasteiger partial charge on any atom is 0.490 e. The first-order valence-electron chi connectivity index (χ1n) is 12.1. The van der Waals surface area contributed by atoms with Crippen molar-refractivity contribution in [2.24, 2.45) is 0 Å². The van der Waals surface area contributed by atoms with Crippen LogP contribution in [-0.2, 0) is 16.1 Å². The van der Waals surface area contributed by atoms with Crippen molar-refractivity contribution in [2.45, 2.75) is 37.8 Å². The summed E-state index contributed by atoms with van der Waals surface area (Å²) in [6, 6.07) is 15.4. The Morgan fingerprint density at radius 2 is 1.60 bits per heavy atom. The Morgan fingerprint density at radius 3 is 2.17 bits per heavy atom. The summed E-state index contributed by atoms with van der Waals surface area (Å²) in [5.41, 5.74) is 5.45. The Morgan fingerprint density at radius 1 is 0.929 bits per heavy atom. The standard InChI is InChI=1S/C23H21FN4.2C2HF3O2/c24-20-6-1-4-17(12-20)14-27-11-3-7-21(27)23-22-9-8-19(15-28(22)16-26-23)18-5-2-10-25-13-18;2*3-2(4,5)1(6)7/h1-2,4-6,8-10,12-13,15-16,21H,3,7,11,14H2;2*(H,6,7). The monoisotopic (exact) mass is 600 g/mol. The molecule has 224 valence electrons. The van der Waals surface area contributed by atoms with Crippen LogP contribution in [0.4, 0.5) is 30.7 Å². The van der Waals surface area contributed by atoms with Gasteiger partial charge in [-0.05, 0) is 54.8 Å². The molecule has 1 fully saturated rings. The Kier molecular flexibility index (Phi) is 10.2. The number of halogens is 7. The van der Waals surface area contributed by atoms with Gasteiger partial charge in [-0.1, -0.05) is 24.3 Å². The van der Waals surface area contributed by atoms with Crippen molar-refractivity contribution in [3.63, 3.8) is 0 Å². The third kappa shape index (κ3) is 8.73. The first kappa shape index (κ1) is 32.0. The summed E-state index contributed by atoms with van der Waals surface area (Å²) >= 11 is 0. The lowest BCUT2D eigenvalue weighted by Crippen LogP contribution is -2.23. The molecule has 1 unspecified atom stereocenters. The molecule has 1 atom stereocenters. The average molecular weight is 600 g/mol. The van der Waals surface area contributed by atoms with E-state index < -0.39 is 24.3 Å². The number of imidazole rings is 1. The van der Waals surface area contributed by atoms with Gasteiger partial charge in [0.1, 0.15) is 5.82 Å². The van der Waals surface area contributed by atoms with Crippen molar-refractivity contribution < 1.29 is 50.5 Å². The number of hydrogen-bond acceptors (Lipinski definition) is 5. The van der Waals surface area contributed by atoms with Gasteiger partial charge in [0.2, 0.25) is 0 Å². The van der Waals surface area contributed by atoms with Crippen LogP contribution in [0.25, 0.3) is 16.6 Å². The number of carboxylic acid groups (broad SMARTS) is 2. The van der Waals surface area contributed by atoms with Crippen LogP contribution < -0.4 is 0 Å². The normalized spacial score (nSPS) is 15.4. The molecular formula is C27H23F7N4O4. The van der Waals surface area contributed by atoms with Gasteiger partial charge in [0.05, 0.1) is 23.6 Å². The van der Waals surface area contributed by atoms with Crippen LogP contribution in [0.3, 0.4) is 0 Å². The molecule has 0 bridgehead atoms. The number of pyridine rings is 2. The molecule has 0 radical (unpaired) electrons. The molecule has 1 aliphatic heterocycles. The lowest BCUT2D eigenvalue weighted by atomic mass is 10.1. The molecule has 0 amide bonds. The highest BCUT2D eigenvalue weighted by atomic mass is 19.4. The molecule has 1 aromatic carbocycles. The van der Waals surface area contributed by atoms with Gasteiger partial charge in [-0.25, -0.2) is 19.0 Å². The van der Waals surface area contributed by atoms with Crippen LogP contribution in [0.2, 0.25) is 0 Å². The second kappa shape index (κ2) is 13.4. The number of hydrogen-bond donors (Lipinski definition) is 2. The van der Waals surface area contributed by atoms with Gasteiger partial charge >= 0.3 is 24.3 Å². The molecule has 4 heterocycles. The van der Waals surface area contributed by atoms with E-state index in [0.717, 1.165) is 53.8 Å². The number of aromatic nitrogens is 3. The molecule has 5 rings (SSSR count). The van der Waals surface area contributed by atoms with E-state index in [4.69, 9.17) is 24.8 Å². The minimum absolute atomic E-state index is 0.177. The third-order valence-electron chi connectivity index (χ3n) is 5.99. The fourth-order valence-electron chi connectivity index (χ4n) is 4.18. The summed E-state index contributed by atoms with van der Waals surface area (Å²) in [5, 5.41) is 14.2. The van der Waals surface area contributed by atoms with Gasteiger partial charge in [-0.3, -0.25) is 9.88 Å². The smallest absolute Gasteiger partial charge is 0.475 e. The van der Waals surface area contributed by atoms with Crippen LogP contribution in [0.15, 0.2) is 73.4 Å². The van der Waals surface area contributed by atoms with E-state index in [1.165, 1.54) is 6.07 Å². The third-order valence-corrected chi connectivity index (χ3v) is 5.99. The highest BCUT2D eigenvalue weighted by molar-refractivity contribution is 5.73. The predicted octanol–water partition coefficient (Wildman–Crippen LogP) is 6.14. The number of carboxylic acids is 2. The molecule has 0 aliphatic carbocycles. The highest BCUT2D eigenvalue weighted by Gasteiger charge is 2.39. The second-order valence-electron chi connectivity index (χ2n) is 8.95. The van der Waals surface area contributed by atoms with E-state index in [9.17, 15) is 30.7 Å². The van der Waals surface area contributed by atoms with Gasteiger partial charge < -0.3 is 14.6 Å². The largest absolute Gasteiger partial charge is 0.490 e. The van der Waals surface area contributed by atoms with Gasteiger partial charge in [-0.15, -0.1) is 0 Å². The summed E-state index contributed by atoms with van der Waals surface area (Å²) in [7, 11) is 0. The Bertz CT molecular complexity index is 1480. The van der Waals surface area contributed by atoms with E-state index in [1.807, 2.05) is 24.7 Å². The van der Waals surface area contributed by atoms with Crippen molar-refractivity contribution in [3.8, 4) is 11.1 Å². The molecule has 15 heteroatoms. The number of benzene rings is 1. The highest BCUT2D eigenvalue weighted by Crippen LogP contribution is 2.35. The Hall–Kier alpha value is -4.53. The van der Waals surface area contributed by atoms with Crippen molar-refractivity contribution in [1.29, 1.82) is 0 Å². The summed E-state index contributed by atoms with van der Waals surface area (Å²) in [6.07, 6.45) is -0.307. The van der Waals surface area contributed by atoms with Crippen molar-refractivity contribution in [1.82, 2.24) is 19.3 Å². The first-order chi connectivity index (χ1) is 19.7. The van der Waals surface area contributed by atoms with Crippen molar-refractivity contribution in [3.05, 3.63) is 90.5 Å². The van der Waals surface area contributed by atoms with Crippen LogP contribution in [0.1, 0.15) is 30.1 Å². The molecule has 0 spiro atoms. The van der Waals surface area contributed by atoms with Gasteiger partial charge in [0.15, 0.2) is 0 Å². The number of likely N-dealkylation sites (tertiary alicyclic amines) is 1. The number of carbonyl (C=O) groups is 2. The van der Waals surface area contributed by atoms with Crippen molar-refractivity contribution >= 4 is 17.5 Å². The van der Waals surface area contributed by atoms with E-state index in [2.05, 4.69) is 38.7 Å². The molecule has 1 aliphatic rings. The average Bonchev–Trinajstić information content (AvgIpc) is 3.55. The molecule has 1 saturated heterocycles. The van der Waals surface area contributed by atoms with Crippen LogP contribution >= 0.6 is 0 Å². The zero-order valence-electron chi connectivity index (χ0n) is 21.5. The fourth-order valence-corrected chi connectivity index (χ4v) is 4.18. The number of aliphatic carboxylic acids is 2. The lowest BCUT2D eigenvalue weighted by Gasteiger charge is -2.23. The number of alkyl halides is 6.